The van der Waals surface area contributed by atoms with Crippen molar-refractivity contribution >= 4 is 16.7 Å². The molecule has 0 saturated heterocycles. The van der Waals surface area contributed by atoms with Crippen LogP contribution in [-0.2, 0) is 16.0 Å². The molecule has 0 bridgehead atoms. The number of carbonyl (C=O) groups is 1. The smallest absolute Gasteiger partial charge is 0.170 e. The van der Waals surface area contributed by atoms with Gasteiger partial charge in [-0.3, -0.25) is 9.78 Å². The number of methoxy groups -OCH3 is 1. The van der Waals surface area contributed by atoms with Crippen molar-refractivity contribution in [1.29, 1.82) is 0 Å². The SMILES string of the molecule is COC1(C(=O)Cc2ccc3ccccc3n2)CCCCC1. The lowest BCUT2D eigenvalue weighted by atomic mass is 9.80. The van der Waals surface area contributed by atoms with Gasteiger partial charge in [0.05, 0.1) is 11.9 Å². The summed E-state index contributed by atoms with van der Waals surface area (Å²) in [6, 6.07) is 12.0. The Balaban J connectivity index is 1.81. The van der Waals surface area contributed by atoms with E-state index in [1.165, 1.54) is 6.42 Å². The molecule has 1 aromatic heterocycles. The fourth-order valence-electron chi connectivity index (χ4n) is 3.25. The number of fused-ring (bicyclic) bond motifs is 1. The zero-order chi connectivity index (χ0) is 14.7. The third-order valence-corrected chi connectivity index (χ3v) is 4.56. The predicted octanol–water partition coefficient (Wildman–Crippen LogP) is 3.70. The number of hydrogen-bond donors (Lipinski definition) is 0. The molecule has 3 rings (SSSR count). The van der Waals surface area contributed by atoms with Gasteiger partial charge in [0.1, 0.15) is 5.60 Å². The first kappa shape index (κ1) is 14.2. The van der Waals surface area contributed by atoms with E-state index in [4.69, 9.17) is 4.74 Å². The third kappa shape index (κ3) is 2.84. The second-order valence-electron chi connectivity index (χ2n) is 5.85. The normalized spacial score (nSPS) is 17.8. The molecule has 0 atom stereocenters. The highest BCUT2D eigenvalue weighted by atomic mass is 16.5. The van der Waals surface area contributed by atoms with Crippen LogP contribution in [0.4, 0.5) is 0 Å². The molecule has 3 nitrogen and oxygen atoms in total. The maximum absolute atomic E-state index is 12.7. The van der Waals surface area contributed by atoms with Crippen molar-refractivity contribution in [3.8, 4) is 0 Å². The molecule has 1 aliphatic carbocycles. The van der Waals surface area contributed by atoms with Crippen molar-refractivity contribution in [1.82, 2.24) is 4.98 Å². The fourth-order valence-corrected chi connectivity index (χ4v) is 3.25. The number of pyridine rings is 1. The van der Waals surface area contributed by atoms with E-state index in [1.54, 1.807) is 7.11 Å². The Morgan fingerprint density at radius 3 is 2.67 bits per heavy atom. The van der Waals surface area contributed by atoms with Crippen LogP contribution >= 0.6 is 0 Å². The molecule has 0 radical (unpaired) electrons. The Morgan fingerprint density at radius 1 is 1.14 bits per heavy atom. The molecular formula is C18H21NO2. The standard InChI is InChI=1S/C18H21NO2/c1-21-18(11-5-2-6-12-18)17(20)13-15-10-9-14-7-3-4-8-16(14)19-15/h3-4,7-10H,2,5-6,11-13H2,1H3. The average Bonchev–Trinajstić information content (AvgIpc) is 2.55. The van der Waals surface area contributed by atoms with Crippen LogP contribution in [0.25, 0.3) is 10.9 Å². The van der Waals surface area contributed by atoms with Crippen LogP contribution in [0, 0.1) is 0 Å². The molecule has 0 N–H and O–H groups in total. The second kappa shape index (κ2) is 5.94. The van der Waals surface area contributed by atoms with Crippen LogP contribution in [-0.4, -0.2) is 23.5 Å². The molecule has 3 heteroatoms. The highest BCUT2D eigenvalue weighted by molar-refractivity contribution is 5.89. The van der Waals surface area contributed by atoms with Gasteiger partial charge in [0.2, 0.25) is 0 Å². The van der Waals surface area contributed by atoms with Gasteiger partial charge < -0.3 is 4.74 Å². The average molecular weight is 283 g/mol. The summed E-state index contributed by atoms with van der Waals surface area (Å²) < 4.78 is 5.62. The van der Waals surface area contributed by atoms with Crippen molar-refractivity contribution in [2.24, 2.45) is 0 Å². The second-order valence-corrected chi connectivity index (χ2v) is 5.85. The van der Waals surface area contributed by atoms with E-state index < -0.39 is 5.60 Å². The van der Waals surface area contributed by atoms with Crippen LogP contribution in [0.2, 0.25) is 0 Å². The van der Waals surface area contributed by atoms with Gasteiger partial charge in [-0.25, -0.2) is 0 Å². The Bertz CT molecular complexity index is 644. The maximum Gasteiger partial charge on any atom is 0.170 e. The summed E-state index contributed by atoms with van der Waals surface area (Å²) in [5.74, 6) is 0.174. The summed E-state index contributed by atoms with van der Waals surface area (Å²) in [7, 11) is 1.66. The summed E-state index contributed by atoms with van der Waals surface area (Å²) in [4.78, 5) is 17.3. The van der Waals surface area contributed by atoms with Gasteiger partial charge in [-0.1, -0.05) is 43.5 Å². The third-order valence-electron chi connectivity index (χ3n) is 4.56. The number of aromatic nitrogens is 1. The molecule has 1 heterocycles. The van der Waals surface area contributed by atoms with E-state index in [0.29, 0.717) is 6.42 Å². The lowest BCUT2D eigenvalue weighted by molar-refractivity contribution is -0.144. The van der Waals surface area contributed by atoms with Gasteiger partial charge in [0, 0.05) is 18.2 Å². The van der Waals surface area contributed by atoms with Crippen LogP contribution in [0.5, 0.6) is 0 Å². The minimum Gasteiger partial charge on any atom is -0.370 e. The zero-order valence-electron chi connectivity index (χ0n) is 12.5. The molecule has 2 aromatic rings. The Kier molecular flexibility index (Phi) is 4.02. The molecule has 1 fully saturated rings. The van der Waals surface area contributed by atoms with Gasteiger partial charge in [-0.2, -0.15) is 0 Å². The summed E-state index contributed by atoms with van der Waals surface area (Å²) >= 11 is 0. The molecule has 0 spiro atoms. The van der Waals surface area contributed by atoms with E-state index in [9.17, 15) is 4.79 Å². The Morgan fingerprint density at radius 2 is 1.90 bits per heavy atom. The number of rotatable bonds is 4. The fraction of sp³-hybridized carbons (Fsp3) is 0.444. The molecule has 0 amide bonds. The number of nitrogens with zero attached hydrogens (tertiary/aromatic N) is 1. The van der Waals surface area contributed by atoms with Gasteiger partial charge >= 0.3 is 0 Å². The van der Waals surface area contributed by atoms with Gasteiger partial charge in [0.15, 0.2) is 5.78 Å². The highest BCUT2D eigenvalue weighted by Crippen LogP contribution is 2.32. The summed E-state index contributed by atoms with van der Waals surface area (Å²) in [6.45, 7) is 0. The van der Waals surface area contributed by atoms with Crippen LogP contribution < -0.4 is 0 Å². The number of benzene rings is 1. The van der Waals surface area contributed by atoms with Crippen LogP contribution in [0.3, 0.4) is 0 Å². The molecule has 110 valence electrons. The van der Waals surface area contributed by atoms with E-state index in [2.05, 4.69) is 4.98 Å². The quantitative estimate of drug-likeness (QED) is 0.859. The predicted molar refractivity (Wildman–Crippen MR) is 83.3 cm³/mol. The minimum atomic E-state index is -0.578. The Labute approximate surface area is 125 Å². The number of Topliss-reactive ketones (excluding diaryl/α,β-unsaturated/α-hetero) is 1. The van der Waals surface area contributed by atoms with E-state index >= 15 is 0 Å². The molecule has 1 saturated carbocycles. The molecule has 0 unspecified atom stereocenters. The van der Waals surface area contributed by atoms with Gasteiger partial charge in [-0.15, -0.1) is 0 Å². The molecular weight excluding hydrogens is 262 g/mol. The first-order valence-electron chi connectivity index (χ1n) is 7.67. The number of para-hydroxylation sites is 1. The van der Waals surface area contributed by atoms with Crippen LogP contribution in [0.15, 0.2) is 36.4 Å². The molecule has 1 aromatic carbocycles. The summed E-state index contributed by atoms with van der Waals surface area (Å²) in [5.41, 5.74) is 1.20. The number of hydrogen-bond acceptors (Lipinski definition) is 3. The van der Waals surface area contributed by atoms with Crippen molar-refractivity contribution in [3.63, 3.8) is 0 Å². The lowest BCUT2D eigenvalue weighted by Gasteiger charge is -2.34. The molecule has 1 aliphatic rings. The number of ether oxygens (including phenoxy) is 1. The summed E-state index contributed by atoms with van der Waals surface area (Å²) in [6.07, 6.45) is 5.40. The van der Waals surface area contributed by atoms with E-state index in [0.717, 1.165) is 42.3 Å². The first-order chi connectivity index (χ1) is 10.2. The maximum atomic E-state index is 12.7. The molecule has 0 aliphatic heterocycles. The molecule has 21 heavy (non-hydrogen) atoms. The minimum absolute atomic E-state index is 0.174. The lowest BCUT2D eigenvalue weighted by Crippen LogP contribution is -2.43. The van der Waals surface area contributed by atoms with Crippen molar-refractivity contribution in [2.75, 3.05) is 7.11 Å². The Hall–Kier alpha value is -1.74. The van der Waals surface area contributed by atoms with Crippen LogP contribution in [0.1, 0.15) is 37.8 Å². The largest absolute Gasteiger partial charge is 0.370 e. The van der Waals surface area contributed by atoms with Gasteiger partial charge in [0.25, 0.3) is 0 Å². The highest BCUT2D eigenvalue weighted by Gasteiger charge is 2.39. The number of carbonyl (C=O) groups excluding carboxylic acids is 1. The monoisotopic (exact) mass is 283 g/mol. The zero-order valence-corrected chi connectivity index (χ0v) is 12.5. The van der Waals surface area contributed by atoms with Crippen molar-refractivity contribution in [3.05, 3.63) is 42.1 Å². The number of ketones is 1. The van der Waals surface area contributed by atoms with Crippen molar-refractivity contribution < 1.29 is 9.53 Å². The summed E-state index contributed by atoms with van der Waals surface area (Å²) in [5, 5.41) is 1.10. The van der Waals surface area contributed by atoms with E-state index in [-0.39, 0.29) is 5.78 Å². The topological polar surface area (TPSA) is 39.2 Å². The van der Waals surface area contributed by atoms with E-state index in [1.807, 2.05) is 36.4 Å². The first-order valence-corrected chi connectivity index (χ1v) is 7.67. The van der Waals surface area contributed by atoms with Crippen molar-refractivity contribution in [2.45, 2.75) is 44.1 Å². The van der Waals surface area contributed by atoms with Gasteiger partial charge in [-0.05, 0) is 25.0 Å².